The van der Waals surface area contributed by atoms with Crippen LogP contribution >= 0.6 is 0 Å². The van der Waals surface area contributed by atoms with Gasteiger partial charge in [-0.3, -0.25) is 4.79 Å². The van der Waals surface area contributed by atoms with Crippen LogP contribution in [-0.4, -0.2) is 51.7 Å². The van der Waals surface area contributed by atoms with Crippen molar-refractivity contribution in [2.75, 3.05) is 6.54 Å². The van der Waals surface area contributed by atoms with E-state index in [-0.39, 0.29) is 11.7 Å². The van der Waals surface area contributed by atoms with Crippen LogP contribution in [0.15, 0.2) is 67.4 Å². The third-order valence-corrected chi connectivity index (χ3v) is 5.66. The summed E-state index contributed by atoms with van der Waals surface area (Å²) in [5.41, 5.74) is 2.91. The number of imidazole rings is 1. The predicted molar refractivity (Wildman–Crippen MR) is 112 cm³/mol. The van der Waals surface area contributed by atoms with Crippen molar-refractivity contribution in [1.82, 2.24) is 39.2 Å². The molecule has 0 aliphatic carbocycles. The van der Waals surface area contributed by atoms with Crippen LogP contribution in [0.4, 0.5) is 4.39 Å². The number of amides is 1. The fourth-order valence-electron chi connectivity index (χ4n) is 4.20. The second-order valence-corrected chi connectivity index (χ2v) is 7.49. The molecule has 158 valence electrons. The molecule has 1 aliphatic heterocycles. The molecule has 0 spiro atoms. The predicted octanol–water partition coefficient (Wildman–Crippen LogP) is 2.57. The Morgan fingerprint density at radius 1 is 1.12 bits per heavy atom. The van der Waals surface area contributed by atoms with Crippen molar-refractivity contribution in [2.45, 2.75) is 12.5 Å². The fraction of sp³-hybridized carbons (Fsp3) is 0.136. The lowest BCUT2D eigenvalue weighted by atomic mass is 9.99. The van der Waals surface area contributed by atoms with E-state index in [4.69, 9.17) is 0 Å². The summed E-state index contributed by atoms with van der Waals surface area (Å²) < 4.78 is 17.3. The Labute approximate surface area is 181 Å². The van der Waals surface area contributed by atoms with E-state index in [1.54, 1.807) is 60.1 Å². The average molecular weight is 428 g/mol. The Hall–Kier alpha value is -4.34. The Morgan fingerprint density at radius 3 is 2.91 bits per heavy atom. The molecule has 32 heavy (non-hydrogen) atoms. The molecule has 9 nitrogen and oxygen atoms in total. The number of aromatic amines is 1. The number of nitrogens with one attached hydrogen (secondary N) is 1. The van der Waals surface area contributed by atoms with E-state index < -0.39 is 6.04 Å². The van der Waals surface area contributed by atoms with E-state index in [1.165, 1.54) is 15.3 Å². The summed E-state index contributed by atoms with van der Waals surface area (Å²) >= 11 is 0. The molecular formula is C22H17FN8O. The molecule has 0 bridgehead atoms. The maximum atomic E-state index is 14.3. The van der Waals surface area contributed by atoms with Gasteiger partial charge in [-0.2, -0.15) is 10.2 Å². The number of carbonyl (C=O) groups excluding carboxylic acids is 1. The quantitative estimate of drug-likeness (QED) is 0.476. The van der Waals surface area contributed by atoms with Crippen LogP contribution in [0.2, 0.25) is 0 Å². The van der Waals surface area contributed by atoms with Crippen molar-refractivity contribution >= 4 is 11.4 Å². The summed E-state index contributed by atoms with van der Waals surface area (Å²) in [6.45, 7) is 0.447. The van der Waals surface area contributed by atoms with E-state index in [0.717, 1.165) is 5.69 Å². The lowest BCUT2D eigenvalue weighted by molar-refractivity contribution is 0.0677. The molecule has 6 rings (SSSR count). The number of nitrogens with zero attached hydrogens (tertiary/aromatic N) is 7. The number of hydrogen-bond acceptors (Lipinski definition) is 5. The van der Waals surface area contributed by atoms with Crippen LogP contribution in [0, 0.1) is 5.82 Å². The zero-order valence-electron chi connectivity index (χ0n) is 16.8. The van der Waals surface area contributed by atoms with Crippen LogP contribution in [0.5, 0.6) is 0 Å². The molecule has 1 atom stereocenters. The minimum absolute atomic E-state index is 0.232. The third kappa shape index (κ3) is 2.80. The SMILES string of the molecule is O=C(c1ccnn1-c1ccccn1)N1CCc2[nH]cnc2[C@H]1c1cc2c(F)cccn2n1. The van der Waals surface area contributed by atoms with Gasteiger partial charge in [-0.1, -0.05) is 6.07 Å². The molecule has 5 aromatic rings. The maximum absolute atomic E-state index is 14.3. The Bertz CT molecular complexity index is 1440. The lowest BCUT2D eigenvalue weighted by Gasteiger charge is -2.33. The molecule has 0 fully saturated rings. The zero-order chi connectivity index (χ0) is 21.7. The molecule has 0 saturated heterocycles. The second kappa shape index (κ2) is 7.12. The van der Waals surface area contributed by atoms with Gasteiger partial charge in [-0.05, 0) is 36.4 Å². The highest BCUT2D eigenvalue weighted by molar-refractivity contribution is 5.93. The van der Waals surface area contributed by atoms with Crippen molar-refractivity contribution in [3.05, 3.63) is 96.0 Å². The van der Waals surface area contributed by atoms with Crippen LogP contribution < -0.4 is 0 Å². The molecule has 1 N–H and O–H groups in total. The monoisotopic (exact) mass is 428 g/mol. The Morgan fingerprint density at radius 2 is 2.06 bits per heavy atom. The number of rotatable bonds is 3. The minimum Gasteiger partial charge on any atom is -0.348 e. The number of aromatic nitrogens is 7. The molecule has 0 saturated carbocycles. The molecule has 5 aromatic heterocycles. The summed E-state index contributed by atoms with van der Waals surface area (Å²) in [5, 5.41) is 8.86. The van der Waals surface area contributed by atoms with Crippen molar-refractivity contribution in [3.63, 3.8) is 0 Å². The molecule has 0 aromatic carbocycles. The largest absolute Gasteiger partial charge is 0.348 e. The number of halogens is 1. The van der Waals surface area contributed by atoms with Crippen molar-refractivity contribution < 1.29 is 9.18 Å². The molecule has 1 aliphatic rings. The van der Waals surface area contributed by atoms with Crippen molar-refractivity contribution in [2.24, 2.45) is 0 Å². The smallest absolute Gasteiger partial charge is 0.273 e. The molecular weight excluding hydrogens is 411 g/mol. The first-order valence-corrected chi connectivity index (χ1v) is 10.1. The summed E-state index contributed by atoms with van der Waals surface area (Å²) in [6.07, 6.45) is 7.13. The first-order valence-electron chi connectivity index (χ1n) is 10.1. The molecule has 1 amide bonds. The number of H-pyrrole nitrogens is 1. The number of fused-ring (bicyclic) bond motifs is 2. The molecule has 10 heteroatoms. The van der Waals surface area contributed by atoms with Crippen LogP contribution in [0.25, 0.3) is 11.3 Å². The van der Waals surface area contributed by atoms with Crippen LogP contribution in [0.3, 0.4) is 0 Å². The van der Waals surface area contributed by atoms with Crippen molar-refractivity contribution in [1.29, 1.82) is 0 Å². The van der Waals surface area contributed by atoms with Gasteiger partial charge in [-0.15, -0.1) is 0 Å². The van der Waals surface area contributed by atoms with E-state index in [1.807, 2.05) is 6.07 Å². The molecule has 0 unspecified atom stereocenters. The highest BCUT2D eigenvalue weighted by Crippen LogP contribution is 2.34. The van der Waals surface area contributed by atoms with Crippen molar-refractivity contribution in [3.8, 4) is 5.82 Å². The number of pyridine rings is 2. The lowest BCUT2D eigenvalue weighted by Crippen LogP contribution is -2.41. The van der Waals surface area contributed by atoms with Gasteiger partial charge in [0.1, 0.15) is 23.1 Å². The summed E-state index contributed by atoms with van der Waals surface area (Å²) in [4.78, 5) is 27.4. The molecule has 6 heterocycles. The Balaban J connectivity index is 1.46. The highest BCUT2D eigenvalue weighted by atomic mass is 19.1. The topological polar surface area (TPSA) is 97.0 Å². The van der Waals surface area contributed by atoms with Gasteiger partial charge in [0, 0.05) is 31.1 Å². The van der Waals surface area contributed by atoms with Crippen LogP contribution in [0.1, 0.15) is 33.6 Å². The molecule has 0 radical (unpaired) electrons. The summed E-state index contributed by atoms with van der Waals surface area (Å²) in [5.74, 6) is -0.0654. The third-order valence-electron chi connectivity index (χ3n) is 5.66. The standard InChI is InChI=1S/C22H17FN8O/c23-14-4-3-10-30-18(14)12-16(28-30)21-20-15(25-13-26-20)7-11-29(21)22(32)17-6-9-27-31(17)19-5-1-2-8-24-19/h1-6,8-10,12-13,21H,7,11H2,(H,25,26)/t21-/m1/s1. The van der Waals surface area contributed by atoms with Gasteiger partial charge in [0.2, 0.25) is 0 Å². The second-order valence-electron chi connectivity index (χ2n) is 7.49. The van der Waals surface area contributed by atoms with E-state index in [9.17, 15) is 9.18 Å². The normalized spacial score (nSPS) is 15.8. The zero-order valence-corrected chi connectivity index (χ0v) is 16.8. The van der Waals surface area contributed by atoms with E-state index in [2.05, 4.69) is 25.1 Å². The first-order chi connectivity index (χ1) is 15.7. The maximum Gasteiger partial charge on any atom is 0.273 e. The van der Waals surface area contributed by atoms with Gasteiger partial charge in [0.25, 0.3) is 5.91 Å². The van der Waals surface area contributed by atoms with Gasteiger partial charge in [0.05, 0.1) is 23.9 Å². The number of carbonyl (C=O) groups is 1. The number of hydrogen-bond donors (Lipinski definition) is 1. The van der Waals surface area contributed by atoms with Gasteiger partial charge in [-0.25, -0.2) is 23.6 Å². The average Bonchev–Trinajstić information content (AvgIpc) is 3.58. The van der Waals surface area contributed by atoms with Gasteiger partial charge in [0.15, 0.2) is 5.82 Å². The fourth-order valence-corrected chi connectivity index (χ4v) is 4.20. The first kappa shape index (κ1) is 18.4. The summed E-state index contributed by atoms with van der Waals surface area (Å²) in [6, 6.07) is 11.2. The highest BCUT2D eigenvalue weighted by Gasteiger charge is 2.37. The van der Waals surface area contributed by atoms with E-state index in [0.29, 0.717) is 41.4 Å². The van der Waals surface area contributed by atoms with Gasteiger partial charge < -0.3 is 9.88 Å². The van der Waals surface area contributed by atoms with E-state index >= 15 is 0 Å². The Kier molecular flexibility index (Phi) is 4.10. The summed E-state index contributed by atoms with van der Waals surface area (Å²) in [7, 11) is 0. The van der Waals surface area contributed by atoms with Crippen LogP contribution in [-0.2, 0) is 6.42 Å². The minimum atomic E-state index is -0.566. The van der Waals surface area contributed by atoms with Gasteiger partial charge >= 0.3 is 0 Å².